The molecule has 0 aliphatic carbocycles. The minimum Gasteiger partial charge on any atom is -0.497 e. The van der Waals surface area contributed by atoms with Gasteiger partial charge in [-0.25, -0.2) is 0 Å². The van der Waals surface area contributed by atoms with Gasteiger partial charge in [-0.15, -0.1) is 0 Å². The Morgan fingerprint density at radius 2 is 2.12 bits per heavy atom. The fraction of sp³-hybridized carbons (Fsp3) is 0.385. The van der Waals surface area contributed by atoms with Crippen LogP contribution in [0.15, 0.2) is 36.4 Å². The number of methoxy groups -OCH3 is 1. The third kappa shape index (κ3) is 2.43. The van der Waals surface area contributed by atoms with Gasteiger partial charge in [-0.1, -0.05) is 24.3 Å². The zero-order valence-corrected chi connectivity index (χ0v) is 9.30. The molecule has 3 nitrogen and oxygen atoms in total. The SMILES string of the molecule is COc1ccc([C@@H]2C=CC[C@@H](CO)O2)cc1. The molecule has 1 N–H and O–H groups in total. The van der Waals surface area contributed by atoms with Crippen LogP contribution in [0.25, 0.3) is 0 Å². The molecule has 1 aliphatic heterocycles. The van der Waals surface area contributed by atoms with E-state index in [2.05, 4.69) is 6.08 Å². The maximum absolute atomic E-state index is 9.06. The van der Waals surface area contributed by atoms with Crippen molar-refractivity contribution in [2.45, 2.75) is 18.6 Å². The molecule has 1 aromatic carbocycles. The van der Waals surface area contributed by atoms with E-state index in [4.69, 9.17) is 14.6 Å². The lowest BCUT2D eigenvalue weighted by Crippen LogP contribution is -2.22. The molecule has 1 aliphatic rings. The highest BCUT2D eigenvalue weighted by atomic mass is 16.5. The second-order valence-electron chi connectivity index (χ2n) is 3.80. The van der Waals surface area contributed by atoms with E-state index in [-0.39, 0.29) is 18.8 Å². The summed E-state index contributed by atoms with van der Waals surface area (Å²) in [5.41, 5.74) is 1.08. The molecule has 0 unspecified atom stereocenters. The first-order chi connectivity index (χ1) is 7.83. The van der Waals surface area contributed by atoms with Gasteiger partial charge >= 0.3 is 0 Å². The van der Waals surface area contributed by atoms with Gasteiger partial charge < -0.3 is 14.6 Å². The summed E-state index contributed by atoms with van der Waals surface area (Å²) in [7, 11) is 1.65. The molecular formula is C13H16O3. The summed E-state index contributed by atoms with van der Waals surface area (Å²) in [5.74, 6) is 0.835. The monoisotopic (exact) mass is 220 g/mol. The van der Waals surface area contributed by atoms with Gasteiger partial charge in [0.25, 0.3) is 0 Å². The van der Waals surface area contributed by atoms with E-state index < -0.39 is 0 Å². The number of aliphatic hydroxyl groups excluding tert-OH is 1. The fourth-order valence-corrected chi connectivity index (χ4v) is 1.76. The van der Waals surface area contributed by atoms with E-state index in [9.17, 15) is 0 Å². The molecule has 1 aromatic rings. The molecular weight excluding hydrogens is 204 g/mol. The Hall–Kier alpha value is -1.32. The average molecular weight is 220 g/mol. The maximum atomic E-state index is 9.06. The quantitative estimate of drug-likeness (QED) is 0.792. The topological polar surface area (TPSA) is 38.7 Å². The number of rotatable bonds is 3. The van der Waals surface area contributed by atoms with E-state index in [1.165, 1.54) is 0 Å². The van der Waals surface area contributed by atoms with Crippen molar-refractivity contribution in [3.05, 3.63) is 42.0 Å². The van der Waals surface area contributed by atoms with Crippen LogP contribution in [0.5, 0.6) is 5.75 Å². The summed E-state index contributed by atoms with van der Waals surface area (Å²) in [5, 5.41) is 9.06. The normalized spacial score (nSPS) is 24.4. The lowest BCUT2D eigenvalue weighted by Gasteiger charge is -2.24. The molecule has 0 spiro atoms. The minimum absolute atomic E-state index is 0.0585. The van der Waals surface area contributed by atoms with Crippen LogP contribution in [-0.2, 0) is 4.74 Å². The fourth-order valence-electron chi connectivity index (χ4n) is 1.76. The molecule has 0 radical (unpaired) electrons. The Bertz CT molecular complexity index is 356. The number of hydrogen-bond donors (Lipinski definition) is 1. The van der Waals surface area contributed by atoms with E-state index in [1.54, 1.807) is 7.11 Å². The van der Waals surface area contributed by atoms with Gasteiger partial charge in [0.15, 0.2) is 0 Å². The molecule has 2 atom stereocenters. The molecule has 2 rings (SSSR count). The van der Waals surface area contributed by atoms with Crippen molar-refractivity contribution in [3.8, 4) is 5.75 Å². The van der Waals surface area contributed by atoms with Gasteiger partial charge in [0, 0.05) is 0 Å². The third-order valence-corrected chi connectivity index (χ3v) is 2.70. The number of benzene rings is 1. The Morgan fingerprint density at radius 1 is 1.38 bits per heavy atom. The highest BCUT2D eigenvalue weighted by molar-refractivity contribution is 5.30. The van der Waals surface area contributed by atoms with Crippen molar-refractivity contribution in [2.75, 3.05) is 13.7 Å². The van der Waals surface area contributed by atoms with Crippen LogP contribution in [0.2, 0.25) is 0 Å². The molecule has 0 fully saturated rings. The molecule has 0 amide bonds. The second-order valence-corrected chi connectivity index (χ2v) is 3.80. The number of aliphatic hydroxyl groups is 1. The Labute approximate surface area is 95.3 Å². The average Bonchev–Trinajstić information content (AvgIpc) is 2.39. The van der Waals surface area contributed by atoms with E-state index in [1.807, 2.05) is 30.3 Å². The van der Waals surface area contributed by atoms with Crippen molar-refractivity contribution in [3.63, 3.8) is 0 Å². The summed E-state index contributed by atoms with van der Waals surface area (Å²) >= 11 is 0. The van der Waals surface area contributed by atoms with Crippen LogP contribution in [0.4, 0.5) is 0 Å². The third-order valence-electron chi connectivity index (χ3n) is 2.70. The van der Waals surface area contributed by atoms with Crippen LogP contribution in [0.3, 0.4) is 0 Å². The summed E-state index contributed by atoms with van der Waals surface area (Å²) in [6.07, 6.45) is 4.71. The summed E-state index contributed by atoms with van der Waals surface area (Å²) in [6, 6.07) is 7.78. The largest absolute Gasteiger partial charge is 0.497 e. The molecule has 16 heavy (non-hydrogen) atoms. The predicted molar refractivity (Wildman–Crippen MR) is 61.5 cm³/mol. The Kier molecular flexibility index (Phi) is 3.59. The van der Waals surface area contributed by atoms with Gasteiger partial charge in [0.2, 0.25) is 0 Å². The molecule has 3 heteroatoms. The summed E-state index contributed by atoms with van der Waals surface area (Å²) in [6.45, 7) is 0.0665. The van der Waals surface area contributed by atoms with Crippen molar-refractivity contribution in [1.29, 1.82) is 0 Å². The predicted octanol–water partition coefficient (Wildman–Crippen LogP) is 2.07. The van der Waals surface area contributed by atoms with Gasteiger partial charge in [0.1, 0.15) is 11.9 Å². The molecule has 0 saturated heterocycles. The highest BCUT2D eigenvalue weighted by Crippen LogP contribution is 2.27. The number of hydrogen-bond acceptors (Lipinski definition) is 3. The van der Waals surface area contributed by atoms with Crippen LogP contribution >= 0.6 is 0 Å². The molecule has 0 saturated carbocycles. The van der Waals surface area contributed by atoms with Gasteiger partial charge in [-0.2, -0.15) is 0 Å². The highest BCUT2D eigenvalue weighted by Gasteiger charge is 2.18. The molecule has 86 valence electrons. The number of ether oxygens (including phenoxy) is 2. The standard InChI is InChI=1S/C13H16O3/c1-15-11-7-5-10(6-8-11)13-4-2-3-12(9-14)16-13/h2,4-8,12-14H,3,9H2,1H3/t12-,13-/m0/s1. The van der Waals surface area contributed by atoms with Gasteiger partial charge in [0.05, 0.1) is 19.8 Å². The zero-order chi connectivity index (χ0) is 11.4. The smallest absolute Gasteiger partial charge is 0.118 e. The first kappa shape index (κ1) is 11.2. The first-order valence-corrected chi connectivity index (χ1v) is 5.40. The van der Waals surface area contributed by atoms with E-state index >= 15 is 0 Å². The Morgan fingerprint density at radius 3 is 2.75 bits per heavy atom. The van der Waals surface area contributed by atoms with Crippen LogP contribution in [-0.4, -0.2) is 24.9 Å². The summed E-state index contributed by atoms with van der Waals surface area (Å²) in [4.78, 5) is 0. The van der Waals surface area contributed by atoms with Crippen molar-refractivity contribution >= 4 is 0 Å². The van der Waals surface area contributed by atoms with Crippen molar-refractivity contribution in [1.82, 2.24) is 0 Å². The first-order valence-electron chi connectivity index (χ1n) is 5.40. The zero-order valence-electron chi connectivity index (χ0n) is 9.30. The van der Waals surface area contributed by atoms with E-state index in [0.29, 0.717) is 0 Å². The Balaban J connectivity index is 2.11. The lowest BCUT2D eigenvalue weighted by atomic mass is 10.0. The van der Waals surface area contributed by atoms with Crippen LogP contribution < -0.4 is 4.74 Å². The summed E-state index contributed by atoms with van der Waals surface area (Å²) < 4.78 is 10.8. The maximum Gasteiger partial charge on any atom is 0.118 e. The molecule has 0 bridgehead atoms. The molecule has 0 aromatic heterocycles. The van der Waals surface area contributed by atoms with Crippen molar-refractivity contribution in [2.24, 2.45) is 0 Å². The second kappa shape index (κ2) is 5.14. The lowest BCUT2D eigenvalue weighted by molar-refractivity contribution is -0.0254. The van der Waals surface area contributed by atoms with Gasteiger partial charge in [-0.05, 0) is 24.1 Å². The van der Waals surface area contributed by atoms with Crippen molar-refractivity contribution < 1.29 is 14.6 Å². The van der Waals surface area contributed by atoms with Gasteiger partial charge in [-0.3, -0.25) is 0 Å². The van der Waals surface area contributed by atoms with Crippen LogP contribution in [0, 0.1) is 0 Å². The minimum atomic E-state index is -0.0860. The van der Waals surface area contributed by atoms with E-state index in [0.717, 1.165) is 17.7 Å². The van der Waals surface area contributed by atoms with Crippen LogP contribution in [0.1, 0.15) is 18.1 Å². The molecule has 1 heterocycles.